The van der Waals surface area contributed by atoms with Gasteiger partial charge in [0.25, 0.3) is 0 Å². The highest BCUT2D eigenvalue weighted by Gasteiger charge is 2.14. The maximum absolute atomic E-state index is 13.7. The van der Waals surface area contributed by atoms with Crippen LogP contribution in [-0.2, 0) is 4.74 Å². The zero-order valence-corrected chi connectivity index (χ0v) is 11.6. The quantitative estimate of drug-likeness (QED) is 0.784. The molecule has 0 aromatic heterocycles. The van der Waals surface area contributed by atoms with Crippen LogP contribution in [-0.4, -0.2) is 55.4 Å². The number of benzene rings is 1. The van der Waals surface area contributed by atoms with E-state index in [0.717, 1.165) is 38.2 Å². The number of morpholine rings is 1. The van der Waals surface area contributed by atoms with Crippen LogP contribution < -0.4 is 5.32 Å². The molecule has 0 radical (unpaired) electrons. The molecular weight excluding hydrogens is 282 g/mol. The molecule has 0 bridgehead atoms. The Morgan fingerprint density at radius 2 is 1.90 bits per heavy atom. The van der Waals surface area contributed by atoms with Gasteiger partial charge in [-0.2, -0.15) is 0 Å². The highest BCUT2D eigenvalue weighted by molar-refractivity contribution is 5.88. The van der Waals surface area contributed by atoms with E-state index in [2.05, 4.69) is 10.2 Å². The third-order valence-electron chi connectivity index (χ3n) is 3.35. The molecule has 2 N–H and O–H groups in total. The number of hydrogen-bond acceptors (Lipinski definition) is 4. The largest absolute Gasteiger partial charge is 0.478 e. The molecular formula is C14H18F2N2O3. The smallest absolute Gasteiger partial charge is 0.335 e. The number of rotatable bonds is 6. The summed E-state index contributed by atoms with van der Waals surface area (Å²) < 4.78 is 32.6. The van der Waals surface area contributed by atoms with E-state index in [4.69, 9.17) is 9.84 Å². The van der Waals surface area contributed by atoms with Crippen LogP contribution in [0.2, 0.25) is 0 Å². The number of carboxylic acid groups (broad SMARTS) is 1. The van der Waals surface area contributed by atoms with Crippen molar-refractivity contribution in [1.82, 2.24) is 4.90 Å². The molecule has 21 heavy (non-hydrogen) atoms. The number of ether oxygens (including phenoxy) is 1. The Hall–Kier alpha value is -1.73. The van der Waals surface area contributed by atoms with Crippen molar-refractivity contribution in [3.05, 3.63) is 29.3 Å². The van der Waals surface area contributed by atoms with Gasteiger partial charge in [0, 0.05) is 19.6 Å². The summed E-state index contributed by atoms with van der Waals surface area (Å²) in [5, 5.41) is 11.4. The van der Waals surface area contributed by atoms with Crippen LogP contribution in [0.25, 0.3) is 0 Å². The second-order valence-electron chi connectivity index (χ2n) is 4.85. The van der Waals surface area contributed by atoms with Gasteiger partial charge in [-0.1, -0.05) is 0 Å². The van der Waals surface area contributed by atoms with Gasteiger partial charge in [-0.3, -0.25) is 4.90 Å². The second kappa shape index (κ2) is 7.33. The molecule has 0 aliphatic carbocycles. The van der Waals surface area contributed by atoms with E-state index in [1.54, 1.807) is 0 Å². The number of nitrogens with zero attached hydrogens (tertiary/aromatic N) is 1. The summed E-state index contributed by atoms with van der Waals surface area (Å²) in [5.41, 5.74) is -0.675. The topological polar surface area (TPSA) is 61.8 Å². The van der Waals surface area contributed by atoms with E-state index >= 15 is 0 Å². The first-order chi connectivity index (χ1) is 10.1. The summed E-state index contributed by atoms with van der Waals surface area (Å²) in [4.78, 5) is 12.9. The summed E-state index contributed by atoms with van der Waals surface area (Å²) in [6, 6.07) is 1.63. The number of anilines is 1. The molecule has 0 spiro atoms. The van der Waals surface area contributed by atoms with Crippen molar-refractivity contribution in [2.75, 3.05) is 44.7 Å². The number of carbonyl (C=O) groups is 1. The van der Waals surface area contributed by atoms with E-state index in [-0.39, 0.29) is 5.69 Å². The fourth-order valence-corrected chi connectivity index (χ4v) is 2.21. The van der Waals surface area contributed by atoms with Crippen molar-refractivity contribution in [2.24, 2.45) is 0 Å². The highest BCUT2D eigenvalue weighted by atomic mass is 19.1. The first-order valence-electron chi connectivity index (χ1n) is 6.84. The van der Waals surface area contributed by atoms with Crippen LogP contribution in [0.4, 0.5) is 14.5 Å². The predicted octanol–water partition coefficient (Wildman–Crippen LogP) is 1.80. The van der Waals surface area contributed by atoms with Crippen LogP contribution in [0.5, 0.6) is 0 Å². The van der Waals surface area contributed by atoms with Crippen LogP contribution >= 0.6 is 0 Å². The van der Waals surface area contributed by atoms with Gasteiger partial charge in [0.05, 0.1) is 18.8 Å². The second-order valence-corrected chi connectivity index (χ2v) is 4.85. The van der Waals surface area contributed by atoms with Crippen LogP contribution in [0.3, 0.4) is 0 Å². The molecule has 1 fully saturated rings. The number of carboxylic acids is 1. The molecule has 1 aliphatic heterocycles. The Morgan fingerprint density at radius 3 is 2.48 bits per heavy atom. The Labute approximate surface area is 121 Å². The van der Waals surface area contributed by atoms with E-state index in [0.29, 0.717) is 19.8 Å². The van der Waals surface area contributed by atoms with E-state index in [9.17, 15) is 13.6 Å². The normalized spacial score (nSPS) is 15.9. The average Bonchev–Trinajstić information content (AvgIpc) is 2.46. The predicted molar refractivity (Wildman–Crippen MR) is 73.7 cm³/mol. The Balaban J connectivity index is 1.84. The molecule has 1 aromatic carbocycles. The lowest BCUT2D eigenvalue weighted by molar-refractivity contribution is 0.0378. The summed E-state index contributed by atoms with van der Waals surface area (Å²) in [6.45, 7) is 4.41. The van der Waals surface area contributed by atoms with Gasteiger partial charge < -0.3 is 15.2 Å². The molecule has 1 aliphatic rings. The van der Waals surface area contributed by atoms with Gasteiger partial charge in [0.15, 0.2) is 0 Å². The lowest BCUT2D eigenvalue weighted by Crippen LogP contribution is -2.37. The van der Waals surface area contributed by atoms with Crippen LogP contribution in [0.15, 0.2) is 12.1 Å². The Bertz CT molecular complexity index is 482. The lowest BCUT2D eigenvalue weighted by atomic mass is 10.2. The molecule has 1 aromatic rings. The van der Waals surface area contributed by atoms with Crippen molar-refractivity contribution in [3.8, 4) is 0 Å². The number of nitrogens with one attached hydrogen (secondary N) is 1. The van der Waals surface area contributed by atoms with Crippen LogP contribution in [0, 0.1) is 11.6 Å². The molecule has 0 atom stereocenters. The van der Waals surface area contributed by atoms with Crippen molar-refractivity contribution < 1.29 is 23.4 Å². The first-order valence-corrected chi connectivity index (χ1v) is 6.84. The van der Waals surface area contributed by atoms with E-state index in [1.807, 2.05) is 0 Å². The first kappa shape index (κ1) is 15.7. The molecule has 0 amide bonds. The number of halogens is 2. The zero-order valence-electron chi connectivity index (χ0n) is 11.6. The zero-order chi connectivity index (χ0) is 15.2. The van der Waals surface area contributed by atoms with Crippen molar-refractivity contribution in [2.45, 2.75) is 6.42 Å². The minimum absolute atomic E-state index is 0.276. The third kappa shape index (κ3) is 4.37. The van der Waals surface area contributed by atoms with Gasteiger partial charge in [-0.05, 0) is 25.1 Å². The van der Waals surface area contributed by atoms with Crippen molar-refractivity contribution in [3.63, 3.8) is 0 Å². The molecule has 116 valence electrons. The fraction of sp³-hybridized carbons (Fsp3) is 0.500. The van der Waals surface area contributed by atoms with Crippen LogP contribution in [0.1, 0.15) is 16.8 Å². The van der Waals surface area contributed by atoms with Gasteiger partial charge >= 0.3 is 5.97 Å². The molecule has 2 rings (SSSR count). The lowest BCUT2D eigenvalue weighted by Gasteiger charge is -2.26. The summed E-state index contributed by atoms with van der Waals surface area (Å²) in [5.74, 6) is -3.13. The minimum atomic E-state index is -1.35. The Morgan fingerprint density at radius 1 is 1.29 bits per heavy atom. The van der Waals surface area contributed by atoms with E-state index < -0.39 is 23.2 Å². The monoisotopic (exact) mass is 300 g/mol. The standard InChI is InChI=1S/C14H18F2N2O3/c15-11-8-10(14(19)20)9-12(16)13(11)17-2-1-3-18-4-6-21-7-5-18/h8-9,17H,1-7H2,(H,19,20). The fourth-order valence-electron chi connectivity index (χ4n) is 2.21. The number of hydrogen-bond donors (Lipinski definition) is 2. The van der Waals surface area contributed by atoms with Crippen molar-refractivity contribution in [1.29, 1.82) is 0 Å². The molecule has 0 unspecified atom stereocenters. The molecule has 7 heteroatoms. The van der Waals surface area contributed by atoms with E-state index in [1.165, 1.54) is 0 Å². The SMILES string of the molecule is O=C(O)c1cc(F)c(NCCCN2CCOCC2)c(F)c1. The molecule has 1 heterocycles. The summed E-state index contributed by atoms with van der Waals surface area (Å²) >= 11 is 0. The summed E-state index contributed by atoms with van der Waals surface area (Å²) in [6.07, 6.45) is 0.736. The Kier molecular flexibility index (Phi) is 5.46. The minimum Gasteiger partial charge on any atom is -0.478 e. The number of aromatic carboxylic acids is 1. The average molecular weight is 300 g/mol. The third-order valence-corrected chi connectivity index (χ3v) is 3.35. The molecule has 1 saturated heterocycles. The molecule has 0 saturated carbocycles. The van der Waals surface area contributed by atoms with Gasteiger partial charge in [-0.15, -0.1) is 0 Å². The summed E-state index contributed by atoms with van der Waals surface area (Å²) in [7, 11) is 0. The highest BCUT2D eigenvalue weighted by Crippen LogP contribution is 2.20. The molecule has 5 nitrogen and oxygen atoms in total. The van der Waals surface area contributed by atoms with Crippen molar-refractivity contribution >= 4 is 11.7 Å². The van der Waals surface area contributed by atoms with Gasteiger partial charge in [-0.25, -0.2) is 13.6 Å². The maximum atomic E-state index is 13.7. The van der Waals surface area contributed by atoms with Gasteiger partial charge in [0.2, 0.25) is 0 Å². The maximum Gasteiger partial charge on any atom is 0.335 e. The van der Waals surface area contributed by atoms with Gasteiger partial charge in [0.1, 0.15) is 17.3 Å².